The van der Waals surface area contributed by atoms with Crippen molar-refractivity contribution >= 4 is 0 Å². The summed E-state index contributed by atoms with van der Waals surface area (Å²) in [5.41, 5.74) is 1.07. The Bertz CT molecular complexity index is 346. The SMILES string of the molecule is Cc1c(OCCN(C)C)cccc1OCCN(C)C. The smallest absolute Gasteiger partial charge is 0.125 e. The van der Waals surface area contributed by atoms with E-state index in [0.717, 1.165) is 30.2 Å². The van der Waals surface area contributed by atoms with Crippen LogP contribution in [0.4, 0.5) is 0 Å². The van der Waals surface area contributed by atoms with Crippen molar-refractivity contribution in [3.63, 3.8) is 0 Å². The van der Waals surface area contributed by atoms with Crippen molar-refractivity contribution in [1.29, 1.82) is 0 Å². The van der Waals surface area contributed by atoms with Crippen molar-refractivity contribution in [3.05, 3.63) is 23.8 Å². The highest BCUT2D eigenvalue weighted by Gasteiger charge is 2.06. The highest BCUT2D eigenvalue weighted by molar-refractivity contribution is 5.43. The van der Waals surface area contributed by atoms with E-state index in [0.29, 0.717) is 13.2 Å². The Morgan fingerprint density at radius 3 is 1.63 bits per heavy atom. The average Bonchev–Trinajstić information content (AvgIpc) is 2.32. The summed E-state index contributed by atoms with van der Waals surface area (Å²) in [6.07, 6.45) is 0. The number of likely N-dealkylation sites (N-methyl/N-ethyl adjacent to an activating group) is 2. The second kappa shape index (κ2) is 8.02. The summed E-state index contributed by atoms with van der Waals surface area (Å²) in [4.78, 5) is 4.21. The van der Waals surface area contributed by atoms with Crippen LogP contribution in [0.3, 0.4) is 0 Å². The molecule has 0 saturated heterocycles. The van der Waals surface area contributed by atoms with Crippen molar-refractivity contribution in [1.82, 2.24) is 9.80 Å². The topological polar surface area (TPSA) is 24.9 Å². The van der Waals surface area contributed by atoms with Crippen LogP contribution in [0.1, 0.15) is 5.56 Å². The van der Waals surface area contributed by atoms with Gasteiger partial charge in [-0.15, -0.1) is 0 Å². The van der Waals surface area contributed by atoms with Gasteiger partial charge < -0.3 is 19.3 Å². The van der Waals surface area contributed by atoms with Gasteiger partial charge in [0.1, 0.15) is 24.7 Å². The molecule has 0 saturated carbocycles. The molecule has 0 amide bonds. The van der Waals surface area contributed by atoms with Gasteiger partial charge in [0.15, 0.2) is 0 Å². The summed E-state index contributed by atoms with van der Waals surface area (Å²) >= 11 is 0. The van der Waals surface area contributed by atoms with Crippen LogP contribution in [-0.4, -0.2) is 64.3 Å². The highest BCUT2D eigenvalue weighted by atomic mass is 16.5. The Labute approximate surface area is 116 Å². The van der Waals surface area contributed by atoms with E-state index < -0.39 is 0 Å². The van der Waals surface area contributed by atoms with Crippen LogP contribution in [0.5, 0.6) is 11.5 Å². The molecule has 0 aliphatic rings. The van der Waals surface area contributed by atoms with Gasteiger partial charge >= 0.3 is 0 Å². The van der Waals surface area contributed by atoms with Crippen LogP contribution in [0, 0.1) is 6.92 Å². The first-order valence-electron chi connectivity index (χ1n) is 6.65. The molecule has 1 aromatic carbocycles. The van der Waals surface area contributed by atoms with Gasteiger partial charge in [0, 0.05) is 18.7 Å². The predicted molar refractivity (Wildman–Crippen MR) is 79.3 cm³/mol. The molecule has 0 N–H and O–H groups in total. The van der Waals surface area contributed by atoms with E-state index in [9.17, 15) is 0 Å². The van der Waals surface area contributed by atoms with Crippen molar-refractivity contribution in [2.45, 2.75) is 6.92 Å². The second-order valence-corrected chi connectivity index (χ2v) is 5.18. The summed E-state index contributed by atoms with van der Waals surface area (Å²) in [6, 6.07) is 5.95. The predicted octanol–water partition coefficient (Wildman–Crippen LogP) is 1.88. The lowest BCUT2D eigenvalue weighted by molar-refractivity contribution is 0.249. The summed E-state index contributed by atoms with van der Waals surface area (Å²) in [5.74, 6) is 1.81. The summed E-state index contributed by atoms with van der Waals surface area (Å²) in [6.45, 7) is 5.23. The van der Waals surface area contributed by atoms with E-state index in [1.807, 2.05) is 53.3 Å². The first-order chi connectivity index (χ1) is 9.00. The van der Waals surface area contributed by atoms with Gasteiger partial charge in [0.05, 0.1) is 0 Å². The fraction of sp³-hybridized carbons (Fsp3) is 0.600. The van der Waals surface area contributed by atoms with E-state index in [-0.39, 0.29) is 0 Å². The molecule has 0 heterocycles. The molecule has 1 aromatic rings. The van der Waals surface area contributed by atoms with Gasteiger partial charge in [-0.25, -0.2) is 0 Å². The van der Waals surface area contributed by atoms with Crippen molar-refractivity contribution < 1.29 is 9.47 Å². The quantitative estimate of drug-likeness (QED) is 0.717. The Morgan fingerprint density at radius 2 is 1.26 bits per heavy atom. The fourth-order valence-corrected chi connectivity index (χ4v) is 1.58. The lowest BCUT2D eigenvalue weighted by atomic mass is 10.2. The maximum absolute atomic E-state index is 5.78. The number of ether oxygens (including phenoxy) is 2. The van der Waals surface area contributed by atoms with E-state index in [1.54, 1.807) is 0 Å². The molecule has 19 heavy (non-hydrogen) atoms. The lowest BCUT2D eigenvalue weighted by Crippen LogP contribution is -2.20. The van der Waals surface area contributed by atoms with Crippen LogP contribution in [0.2, 0.25) is 0 Å². The Morgan fingerprint density at radius 1 is 0.842 bits per heavy atom. The van der Waals surface area contributed by atoms with E-state index >= 15 is 0 Å². The monoisotopic (exact) mass is 266 g/mol. The molecule has 108 valence electrons. The third-order valence-electron chi connectivity index (χ3n) is 2.83. The third-order valence-corrected chi connectivity index (χ3v) is 2.83. The molecule has 4 nitrogen and oxygen atoms in total. The molecular weight excluding hydrogens is 240 g/mol. The van der Waals surface area contributed by atoms with E-state index in [2.05, 4.69) is 9.80 Å². The molecular formula is C15H26N2O2. The molecule has 0 unspecified atom stereocenters. The van der Waals surface area contributed by atoms with E-state index in [1.165, 1.54) is 0 Å². The summed E-state index contributed by atoms with van der Waals surface area (Å²) < 4.78 is 11.6. The summed E-state index contributed by atoms with van der Waals surface area (Å²) in [7, 11) is 8.15. The maximum Gasteiger partial charge on any atom is 0.125 e. The Kier molecular flexibility index (Phi) is 6.67. The van der Waals surface area contributed by atoms with Crippen LogP contribution in [0.25, 0.3) is 0 Å². The second-order valence-electron chi connectivity index (χ2n) is 5.18. The van der Waals surface area contributed by atoms with Gasteiger partial charge in [-0.3, -0.25) is 0 Å². The van der Waals surface area contributed by atoms with Crippen LogP contribution >= 0.6 is 0 Å². The molecule has 0 aromatic heterocycles. The number of nitrogens with zero attached hydrogens (tertiary/aromatic N) is 2. The number of rotatable bonds is 8. The van der Waals surface area contributed by atoms with Crippen LogP contribution in [0.15, 0.2) is 18.2 Å². The highest BCUT2D eigenvalue weighted by Crippen LogP contribution is 2.27. The standard InChI is InChI=1S/C15H26N2O2/c1-13-14(18-11-9-16(2)3)7-6-8-15(13)19-12-10-17(4)5/h6-8H,9-12H2,1-5H3. The molecule has 1 rings (SSSR count). The third kappa shape index (κ3) is 5.94. The van der Waals surface area contributed by atoms with Crippen LogP contribution < -0.4 is 9.47 Å². The average molecular weight is 266 g/mol. The Balaban J connectivity index is 2.54. The first-order valence-corrected chi connectivity index (χ1v) is 6.65. The minimum atomic E-state index is 0.689. The van der Waals surface area contributed by atoms with Gasteiger partial charge in [-0.1, -0.05) is 6.07 Å². The van der Waals surface area contributed by atoms with E-state index in [4.69, 9.17) is 9.47 Å². The van der Waals surface area contributed by atoms with Gasteiger partial charge in [-0.2, -0.15) is 0 Å². The fourth-order valence-electron chi connectivity index (χ4n) is 1.58. The zero-order chi connectivity index (χ0) is 14.3. The molecule has 0 fully saturated rings. The largest absolute Gasteiger partial charge is 0.492 e. The minimum Gasteiger partial charge on any atom is -0.492 e. The van der Waals surface area contributed by atoms with Gasteiger partial charge in [-0.05, 0) is 47.2 Å². The van der Waals surface area contributed by atoms with Crippen molar-refractivity contribution in [3.8, 4) is 11.5 Å². The molecule has 0 bridgehead atoms. The zero-order valence-corrected chi connectivity index (χ0v) is 12.8. The summed E-state index contributed by atoms with van der Waals surface area (Å²) in [5, 5.41) is 0. The number of hydrogen-bond donors (Lipinski definition) is 0. The van der Waals surface area contributed by atoms with Gasteiger partial charge in [0.2, 0.25) is 0 Å². The normalized spacial score (nSPS) is 11.1. The molecule has 0 atom stereocenters. The minimum absolute atomic E-state index is 0.689. The molecule has 4 heteroatoms. The number of hydrogen-bond acceptors (Lipinski definition) is 4. The number of benzene rings is 1. The molecule has 0 aliphatic heterocycles. The lowest BCUT2D eigenvalue weighted by Gasteiger charge is -2.16. The molecule has 0 radical (unpaired) electrons. The van der Waals surface area contributed by atoms with Crippen molar-refractivity contribution in [2.24, 2.45) is 0 Å². The maximum atomic E-state index is 5.78. The van der Waals surface area contributed by atoms with Crippen molar-refractivity contribution in [2.75, 3.05) is 54.5 Å². The van der Waals surface area contributed by atoms with Gasteiger partial charge in [0.25, 0.3) is 0 Å². The Hall–Kier alpha value is -1.26. The zero-order valence-electron chi connectivity index (χ0n) is 12.8. The first kappa shape index (κ1) is 15.8. The van der Waals surface area contributed by atoms with Crippen LogP contribution in [-0.2, 0) is 0 Å². The molecule has 0 spiro atoms. The molecule has 0 aliphatic carbocycles.